The van der Waals surface area contributed by atoms with Gasteiger partial charge in [-0.25, -0.2) is 0 Å². The summed E-state index contributed by atoms with van der Waals surface area (Å²) >= 11 is 0. The summed E-state index contributed by atoms with van der Waals surface area (Å²) in [5, 5.41) is 3.19. The lowest BCUT2D eigenvalue weighted by Gasteiger charge is -2.35. The Kier molecular flexibility index (Phi) is 5.93. The van der Waals surface area contributed by atoms with Crippen molar-refractivity contribution in [2.24, 2.45) is 11.8 Å². The number of ether oxygens (including phenoxy) is 1. The number of amides is 2. The van der Waals surface area contributed by atoms with Crippen LogP contribution in [0.15, 0.2) is 0 Å². The molecule has 2 amide bonds. The average molecular weight is 351 g/mol. The first-order chi connectivity index (χ1) is 12.1. The Hall–Kier alpha value is -1.63. The third-order valence-electron chi connectivity index (χ3n) is 5.33. The van der Waals surface area contributed by atoms with Gasteiger partial charge in [-0.15, -0.1) is 0 Å². The van der Waals surface area contributed by atoms with Crippen molar-refractivity contribution in [3.8, 4) is 0 Å². The smallest absolute Gasteiger partial charge is 0.310 e. The molecule has 3 rings (SSSR count). The summed E-state index contributed by atoms with van der Waals surface area (Å²) < 4.78 is 5.08. The Morgan fingerprint density at radius 1 is 1.24 bits per heavy atom. The number of nitrogens with zero attached hydrogens (tertiary/aromatic N) is 2. The van der Waals surface area contributed by atoms with E-state index in [4.69, 9.17) is 4.74 Å². The van der Waals surface area contributed by atoms with Crippen LogP contribution in [0.5, 0.6) is 0 Å². The maximum atomic E-state index is 12.6. The molecule has 0 bridgehead atoms. The lowest BCUT2D eigenvalue weighted by atomic mass is 9.97. The summed E-state index contributed by atoms with van der Waals surface area (Å²) in [6.07, 6.45) is 4.16. The highest BCUT2D eigenvalue weighted by atomic mass is 16.5. The molecule has 3 aliphatic rings. The van der Waals surface area contributed by atoms with E-state index in [9.17, 15) is 14.4 Å². The molecular formula is C18H29N3O4. The Bertz CT molecular complexity index is 520. The van der Waals surface area contributed by atoms with Crippen LogP contribution in [0, 0.1) is 11.8 Å². The highest BCUT2D eigenvalue weighted by molar-refractivity contribution is 5.89. The van der Waals surface area contributed by atoms with Gasteiger partial charge in [-0.1, -0.05) is 0 Å². The quantitative estimate of drug-likeness (QED) is 0.701. The van der Waals surface area contributed by atoms with Gasteiger partial charge in [-0.2, -0.15) is 0 Å². The molecule has 0 spiro atoms. The van der Waals surface area contributed by atoms with Gasteiger partial charge in [-0.3, -0.25) is 14.4 Å². The predicted molar refractivity (Wildman–Crippen MR) is 91.6 cm³/mol. The molecule has 0 radical (unpaired) electrons. The van der Waals surface area contributed by atoms with E-state index in [-0.39, 0.29) is 30.1 Å². The van der Waals surface area contributed by atoms with Crippen molar-refractivity contribution in [1.29, 1.82) is 0 Å². The van der Waals surface area contributed by atoms with Crippen LogP contribution in [0.3, 0.4) is 0 Å². The summed E-state index contributed by atoms with van der Waals surface area (Å²) in [6.45, 7) is 5.51. The number of likely N-dealkylation sites (tertiary alicyclic amines) is 1. The van der Waals surface area contributed by atoms with Gasteiger partial charge in [0, 0.05) is 32.7 Å². The number of piperazine rings is 1. The number of hydrogen-bond acceptors (Lipinski definition) is 5. The maximum Gasteiger partial charge on any atom is 0.310 e. The van der Waals surface area contributed by atoms with Crippen LogP contribution in [0.2, 0.25) is 0 Å². The van der Waals surface area contributed by atoms with E-state index in [1.54, 1.807) is 11.8 Å². The van der Waals surface area contributed by atoms with Crippen molar-refractivity contribution in [3.05, 3.63) is 0 Å². The molecule has 2 atom stereocenters. The molecule has 2 heterocycles. The van der Waals surface area contributed by atoms with Crippen molar-refractivity contribution >= 4 is 17.8 Å². The number of carbonyl (C=O) groups is 3. The summed E-state index contributed by atoms with van der Waals surface area (Å²) in [6, 6.07) is -0.428. The van der Waals surface area contributed by atoms with E-state index < -0.39 is 6.04 Å². The molecule has 0 aromatic rings. The molecule has 7 heteroatoms. The normalized spacial score (nSPS) is 27.3. The molecule has 3 fully saturated rings. The fourth-order valence-corrected chi connectivity index (χ4v) is 3.70. The second kappa shape index (κ2) is 8.17. The van der Waals surface area contributed by atoms with E-state index in [2.05, 4.69) is 5.32 Å². The van der Waals surface area contributed by atoms with Gasteiger partial charge < -0.3 is 19.9 Å². The molecule has 0 aromatic carbocycles. The Morgan fingerprint density at radius 2 is 2.04 bits per heavy atom. The fraction of sp³-hybridized carbons (Fsp3) is 0.833. The average Bonchev–Trinajstić information content (AvgIpc) is 3.43. The van der Waals surface area contributed by atoms with E-state index in [1.807, 2.05) is 4.90 Å². The molecule has 2 saturated heterocycles. The number of carbonyl (C=O) groups excluding carboxylic acids is 3. The number of nitrogens with one attached hydrogen (secondary N) is 1. The standard InChI is InChI=1S/C18H29N3O4/c1-2-25-18(24)14-4-3-8-20(12-14)16(22)10-15-17(23)21(9-7-19-15)11-13-5-6-13/h13-15,19H,2-12H2,1H3. The molecule has 140 valence electrons. The van der Waals surface area contributed by atoms with Crippen molar-refractivity contribution in [1.82, 2.24) is 15.1 Å². The summed E-state index contributed by atoms with van der Waals surface area (Å²) in [4.78, 5) is 40.8. The summed E-state index contributed by atoms with van der Waals surface area (Å²) in [5.41, 5.74) is 0. The maximum absolute atomic E-state index is 12.6. The van der Waals surface area contributed by atoms with Crippen LogP contribution >= 0.6 is 0 Å². The summed E-state index contributed by atoms with van der Waals surface area (Å²) in [5.74, 6) is 0.200. The van der Waals surface area contributed by atoms with E-state index >= 15 is 0 Å². The van der Waals surface area contributed by atoms with Crippen LogP contribution in [0.1, 0.15) is 39.0 Å². The van der Waals surface area contributed by atoms with Crippen LogP contribution in [0.4, 0.5) is 0 Å². The second-order valence-corrected chi connectivity index (χ2v) is 7.37. The lowest BCUT2D eigenvalue weighted by molar-refractivity contribution is -0.152. The molecule has 25 heavy (non-hydrogen) atoms. The minimum absolute atomic E-state index is 0.0467. The van der Waals surface area contributed by atoms with Crippen molar-refractivity contribution < 1.29 is 19.1 Å². The Balaban J connectivity index is 1.52. The largest absolute Gasteiger partial charge is 0.466 e. The minimum Gasteiger partial charge on any atom is -0.466 e. The highest BCUT2D eigenvalue weighted by Gasteiger charge is 2.36. The molecule has 1 N–H and O–H groups in total. The minimum atomic E-state index is -0.428. The van der Waals surface area contributed by atoms with Crippen molar-refractivity contribution in [3.63, 3.8) is 0 Å². The Labute approximate surface area is 149 Å². The number of hydrogen-bond donors (Lipinski definition) is 1. The first-order valence-electron chi connectivity index (χ1n) is 9.55. The third kappa shape index (κ3) is 4.71. The van der Waals surface area contributed by atoms with Crippen LogP contribution in [0.25, 0.3) is 0 Å². The van der Waals surface area contributed by atoms with Crippen molar-refractivity contribution in [2.75, 3.05) is 39.3 Å². The summed E-state index contributed by atoms with van der Waals surface area (Å²) in [7, 11) is 0. The van der Waals surface area contributed by atoms with Gasteiger partial charge in [-0.05, 0) is 38.5 Å². The van der Waals surface area contributed by atoms with E-state index in [0.29, 0.717) is 25.6 Å². The number of piperidine rings is 1. The fourth-order valence-electron chi connectivity index (χ4n) is 3.70. The molecule has 2 unspecified atom stereocenters. The van der Waals surface area contributed by atoms with Crippen molar-refractivity contribution in [2.45, 2.75) is 45.1 Å². The molecule has 0 aromatic heterocycles. The monoisotopic (exact) mass is 351 g/mol. The first kappa shape index (κ1) is 18.2. The second-order valence-electron chi connectivity index (χ2n) is 7.37. The van der Waals surface area contributed by atoms with Gasteiger partial charge in [0.25, 0.3) is 0 Å². The van der Waals surface area contributed by atoms with Gasteiger partial charge in [0.05, 0.1) is 25.0 Å². The molecule has 1 saturated carbocycles. The van der Waals surface area contributed by atoms with E-state index in [0.717, 1.165) is 32.5 Å². The Morgan fingerprint density at radius 3 is 2.76 bits per heavy atom. The zero-order chi connectivity index (χ0) is 17.8. The number of esters is 1. The van der Waals surface area contributed by atoms with Gasteiger partial charge in [0.1, 0.15) is 0 Å². The van der Waals surface area contributed by atoms with Gasteiger partial charge >= 0.3 is 5.97 Å². The highest BCUT2D eigenvalue weighted by Crippen LogP contribution is 2.30. The van der Waals surface area contributed by atoms with Crippen LogP contribution < -0.4 is 5.32 Å². The topological polar surface area (TPSA) is 79.0 Å². The molecule has 2 aliphatic heterocycles. The van der Waals surface area contributed by atoms with Gasteiger partial charge in [0.15, 0.2) is 0 Å². The zero-order valence-corrected chi connectivity index (χ0v) is 15.0. The first-order valence-corrected chi connectivity index (χ1v) is 9.55. The third-order valence-corrected chi connectivity index (χ3v) is 5.33. The van der Waals surface area contributed by atoms with E-state index in [1.165, 1.54) is 12.8 Å². The zero-order valence-electron chi connectivity index (χ0n) is 15.0. The predicted octanol–water partition coefficient (Wildman–Crippen LogP) is 0.389. The number of rotatable bonds is 6. The van der Waals surface area contributed by atoms with Gasteiger partial charge in [0.2, 0.25) is 11.8 Å². The molecular weight excluding hydrogens is 322 g/mol. The molecule has 1 aliphatic carbocycles. The SMILES string of the molecule is CCOC(=O)C1CCCN(C(=O)CC2NCCN(CC3CC3)C2=O)C1. The van der Waals surface area contributed by atoms with Crippen LogP contribution in [-0.4, -0.2) is 73.0 Å². The van der Waals surface area contributed by atoms with Crippen LogP contribution in [-0.2, 0) is 19.1 Å². The lowest BCUT2D eigenvalue weighted by Crippen LogP contribution is -2.57. The molecule has 7 nitrogen and oxygen atoms in total.